The van der Waals surface area contributed by atoms with Crippen LogP contribution in [0.2, 0.25) is 0 Å². The van der Waals surface area contributed by atoms with Crippen molar-refractivity contribution in [2.24, 2.45) is 5.92 Å². The minimum Gasteiger partial charge on any atom is -0.291 e. The molecule has 0 aromatic heterocycles. The highest BCUT2D eigenvalue weighted by atomic mass is 16.7. The van der Waals surface area contributed by atoms with Crippen LogP contribution >= 0.6 is 0 Å². The molecular formula is C10H14N2O. The average Bonchev–Trinajstić information content (AvgIpc) is 2.58. The van der Waals surface area contributed by atoms with Crippen molar-refractivity contribution in [3.05, 3.63) is 0 Å². The fourth-order valence-electron chi connectivity index (χ4n) is 2.84. The highest BCUT2D eigenvalue weighted by Crippen LogP contribution is 2.51. The summed E-state index contributed by atoms with van der Waals surface area (Å²) in [7, 11) is 0. The van der Waals surface area contributed by atoms with Crippen LogP contribution in [0.3, 0.4) is 0 Å². The molecule has 0 radical (unpaired) electrons. The van der Waals surface area contributed by atoms with Gasteiger partial charge in [-0.2, -0.15) is 10.3 Å². The zero-order chi connectivity index (χ0) is 8.89. The summed E-state index contributed by atoms with van der Waals surface area (Å²) in [5, 5.41) is 10.5. The molecule has 0 N–H and O–H groups in total. The van der Waals surface area contributed by atoms with E-state index in [4.69, 9.17) is 10.1 Å². The van der Waals surface area contributed by atoms with Gasteiger partial charge in [0, 0.05) is 0 Å². The molecule has 3 aliphatic rings. The third-order valence-electron chi connectivity index (χ3n) is 3.70. The Hall–Kier alpha value is -0.590. The molecule has 0 aromatic carbocycles. The van der Waals surface area contributed by atoms with Crippen molar-refractivity contribution in [3.63, 3.8) is 0 Å². The molecule has 3 rings (SSSR count). The van der Waals surface area contributed by atoms with Crippen LogP contribution in [-0.2, 0) is 4.84 Å². The molecule has 13 heavy (non-hydrogen) atoms. The Morgan fingerprint density at radius 3 is 2.62 bits per heavy atom. The molecule has 0 spiro atoms. The molecule has 3 nitrogen and oxygen atoms in total. The number of nitrogens with zero attached hydrogens (tertiary/aromatic N) is 2. The molecule has 2 unspecified atom stereocenters. The van der Waals surface area contributed by atoms with Gasteiger partial charge in [0.05, 0.1) is 18.2 Å². The summed E-state index contributed by atoms with van der Waals surface area (Å²) in [5.74, 6) is 0.917. The average molecular weight is 178 g/mol. The fourth-order valence-corrected chi connectivity index (χ4v) is 2.84. The van der Waals surface area contributed by atoms with E-state index in [1.807, 2.05) is 5.06 Å². The van der Waals surface area contributed by atoms with Gasteiger partial charge in [-0.05, 0) is 38.0 Å². The smallest absolute Gasteiger partial charge is 0.137 e. The van der Waals surface area contributed by atoms with Crippen molar-refractivity contribution in [2.75, 3.05) is 6.54 Å². The maximum absolute atomic E-state index is 8.65. The van der Waals surface area contributed by atoms with E-state index in [2.05, 4.69) is 6.07 Å². The van der Waals surface area contributed by atoms with Gasteiger partial charge in [-0.15, -0.1) is 0 Å². The van der Waals surface area contributed by atoms with Crippen molar-refractivity contribution < 1.29 is 4.84 Å². The Bertz CT molecular complexity index is 263. The van der Waals surface area contributed by atoms with Crippen LogP contribution in [0.1, 0.15) is 32.1 Å². The molecule has 1 aliphatic heterocycles. The standard InChI is InChI=1S/C10H14N2O/c11-6-9-7-12(9)13-10-3-1-8(5-10)2-4-10/h8-9H,1-5,7H2. The number of rotatable bonds is 2. The van der Waals surface area contributed by atoms with E-state index in [0.717, 1.165) is 12.5 Å². The Morgan fingerprint density at radius 2 is 2.15 bits per heavy atom. The second-order valence-electron chi connectivity index (χ2n) is 4.67. The topological polar surface area (TPSA) is 36.0 Å². The quantitative estimate of drug-likeness (QED) is 0.600. The second-order valence-corrected chi connectivity index (χ2v) is 4.67. The van der Waals surface area contributed by atoms with Gasteiger partial charge in [0.25, 0.3) is 0 Å². The van der Waals surface area contributed by atoms with Gasteiger partial charge < -0.3 is 0 Å². The van der Waals surface area contributed by atoms with E-state index >= 15 is 0 Å². The highest BCUT2D eigenvalue weighted by molar-refractivity contribution is 5.04. The van der Waals surface area contributed by atoms with Gasteiger partial charge in [0.1, 0.15) is 6.04 Å². The molecule has 2 saturated carbocycles. The minimum atomic E-state index is 0.0500. The summed E-state index contributed by atoms with van der Waals surface area (Å²) in [5.41, 5.74) is 0.149. The van der Waals surface area contributed by atoms with E-state index in [1.165, 1.54) is 32.1 Å². The lowest BCUT2D eigenvalue weighted by atomic mass is 9.97. The Morgan fingerprint density at radius 1 is 1.38 bits per heavy atom. The van der Waals surface area contributed by atoms with E-state index in [0.29, 0.717) is 0 Å². The van der Waals surface area contributed by atoms with Gasteiger partial charge in [-0.25, -0.2) is 0 Å². The predicted octanol–water partition coefficient (Wildman–Crippen LogP) is 1.46. The zero-order valence-electron chi connectivity index (χ0n) is 7.70. The molecular weight excluding hydrogens is 164 g/mol. The summed E-state index contributed by atoms with van der Waals surface area (Å²) < 4.78 is 0. The molecule has 0 aromatic rings. The normalized spacial score (nSPS) is 52.1. The van der Waals surface area contributed by atoms with Gasteiger partial charge in [0.15, 0.2) is 0 Å². The van der Waals surface area contributed by atoms with Crippen molar-refractivity contribution in [2.45, 2.75) is 43.7 Å². The number of hydrogen-bond acceptors (Lipinski definition) is 3. The van der Waals surface area contributed by atoms with Crippen LogP contribution in [0.15, 0.2) is 0 Å². The van der Waals surface area contributed by atoms with Crippen LogP contribution in [-0.4, -0.2) is 23.3 Å². The minimum absolute atomic E-state index is 0.0500. The van der Waals surface area contributed by atoms with Gasteiger partial charge in [0.2, 0.25) is 0 Å². The molecule has 3 heteroatoms. The van der Waals surface area contributed by atoms with Crippen LogP contribution in [0.25, 0.3) is 0 Å². The molecule has 1 heterocycles. The molecule has 0 amide bonds. The monoisotopic (exact) mass is 178 g/mol. The first-order chi connectivity index (χ1) is 6.31. The number of nitriles is 1. The maximum atomic E-state index is 8.65. The summed E-state index contributed by atoms with van der Waals surface area (Å²) >= 11 is 0. The Balaban J connectivity index is 1.64. The first kappa shape index (κ1) is 7.78. The number of hydrogen-bond donors (Lipinski definition) is 0. The SMILES string of the molecule is N#CC1CN1OC12CCC(CC1)C2. The highest BCUT2D eigenvalue weighted by Gasteiger charge is 2.50. The molecule has 2 bridgehead atoms. The Kier molecular flexibility index (Phi) is 1.47. The first-order valence-corrected chi connectivity index (χ1v) is 5.17. The zero-order valence-corrected chi connectivity index (χ0v) is 7.70. The van der Waals surface area contributed by atoms with Crippen molar-refractivity contribution in [3.8, 4) is 6.07 Å². The predicted molar refractivity (Wildman–Crippen MR) is 46.5 cm³/mol. The van der Waals surface area contributed by atoms with Crippen LogP contribution in [0, 0.1) is 17.2 Å². The number of fused-ring (bicyclic) bond motifs is 2. The lowest BCUT2D eigenvalue weighted by Crippen LogP contribution is -2.30. The van der Waals surface area contributed by atoms with E-state index in [-0.39, 0.29) is 11.6 Å². The van der Waals surface area contributed by atoms with E-state index < -0.39 is 0 Å². The summed E-state index contributed by atoms with van der Waals surface area (Å²) in [6.45, 7) is 0.822. The van der Waals surface area contributed by atoms with E-state index in [9.17, 15) is 0 Å². The van der Waals surface area contributed by atoms with Crippen LogP contribution in [0.4, 0.5) is 0 Å². The van der Waals surface area contributed by atoms with Gasteiger partial charge in [-0.1, -0.05) is 0 Å². The lowest BCUT2D eigenvalue weighted by molar-refractivity contribution is -0.181. The van der Waals surface area contributed by atoms with Crippen molar-refractivity contribution in [1.29, 1.82) is 5.26 Å². The molecule has 2 aliphatic carbocycles. The first-order valence-electron chi connectivity index (χ1n) is 5.17. The Labute approximate surface area is 78.2 Å². The third-order valence-corrected chi connectivity index (χ3v) is 3.70. The lowest BCUT2D eigenvalue weighted by Gasteiger charge is -2.26. The molecule has 3 fully saturated rings. The molecule has 2 atom stereocenters. The third kappa shape index (κ3) is 1.17. The maximum Gasteiger partial charge on any atom is 0.137 e. The number of hydroxylamine groups is 2. The summed E-state index contributed by atoms with van der Waals surface area (Å²) in [6.07, 6.45) is 6.34. The molecule has 1 saturated heterocycles. The van der Waals surface area contributed by atoms with Crippen molar-refractivity contribution in [1.82, 2.24) is 5.06 Å². The van der Waals surface area contributed by atoms with Crippen LogP contribution in [0.5, 0.6) is 0 Å². The van der Waals surface area contributed by atoms with Gasteiger partial charge >= 0.3 is 0 Å². The van der Waals surface area contributed by atoms with E-state index in [1.54, 1.807) is 0 Å². The second kappa shape index (κ2) is 2.46. The summed E-state index contributed by atoms with van der Waals surface area (Å²) in [4.78, 5) is 5.92. The van der Waals surface area contributed by atoms with Gasteiger partial charge in [-0.3, -0.25) is 4.84 Å². The van der Waals surface area contributed by atoms with Crippen LogP contribution < -0.4 is 0 Å². The summed E-state index contributed by atoms with van der Waals surface area (Å²) in [6, 6.07) is 2.27. The largest absolute Gasteiger partial charge is 0.291 e. The fraction of sp³-hybridized carbons (Fsp3) is 0.900. The molecule has 70 valence electrons. The van der Waals surface area contributed by atoms with Crippen molar-refractivity contribution >= 4 is 0 Å².